The zero-order valence-electron chi connectivity index (χ0n) is 7.92. The Kier molecular flexibility index (Phi) is 2.39. The lowest BCUT2D eigenvalue weighted by Crippen LogP contribution is -2.12. The lowest BCUT2D eigenvalue weighted by molar-refractivity contribution is 0.0904. The third kappa shape index (κ3) is 1.35. The maximum absolute atomic E-state index is 8.42. The molecular formula is C10H11N3O. The third-order valence-electron chi connectivity index (χ3n) is 2.59. The predicted octanol–water partition coefficient (Wildman–Crippen LogP) is 2.61. The Morgan fingerprint density at radius 2 is 2.29 bits per heavy atom. The van der Waals surface area contributed by atoms with E-state index in [2.05, 4.69) is 10.0 Å². The Balaban J connectivity index is 2.38. The van der Waals surface area contributed by atoms with Gasteiger partial charge in [-0.05, 0) is 23.1 Å². The second kappa shape index (κ2) is 3.70. The zero-order valence-corrected chi connectivity index (χ0v) is 7.92. The average Bonchev–Trinajstić information content (AvgIpc) is 2.55. The van der Waals surface area contributed by atoms with Crippen LogP contribution in [0.5, 0.6) is 0 Å². The van der Waals surface area contributed by atoms with Crippen molar-refractivity contribution in [1.29, 1.82) is 0 Å². The molecule has 14 heavy (non-hydrogen) atoms. The minimum absolute atomic E-state index is 0.0814. The van der Waals surface area contributed by atoms with E-state index in [0.717, 1.165) is 12.0 Å². The molecule has 72 valence electrons. The molecule has 1 aliphatic rings. The molecule has 0 aromatic heterocycles. The van der Waals surface area contributed by atoms with E-state index in [1.807, 2.05) is 24.3 Å². The molecule has 1 aromatic rings. The number of benzene rings is 1. The summed E-state index contributed by atoms with van der Waals surface area (Å²) < 4.78 is 5.34. The van der Waals surface area contributed by atoms with E-state index >= 15 is 0 Å². The first-order valence-electron chi connectivity index (χ1n) is 4.51. The number of fused-ring (bicyclic) bond motifs is 1. The maximum atomic E-state index is 8.42. The highest BCUT2D eigenvalue weighted by atomic mass is 16.5. The van der Waals surface area contributed by atoms with E-state index in [0.29, 0.717) is 0 Å². The van der Waals surface area contributed by atoms with Gasteiger partial charge in [0.15, 0.2) is 0 Å². The van der Waals surface area contributed by atoms with Gasteiger partial charge in [-0.2, -0.15) is 0 Å². The van der Waals surface area contributed by atoms with Crippen LogP contribution in [0.2, 0.25) is 0 Å². The standard InChI is InChI=1S/C10H11N3O/c1-14-10-8-5-3-2-4-7(8)6-9(10)12-13-11/h2-5,9-10H,6H2,1H3/t9-,10+/m0/s1. The lowest BCUT2D eigenvalue weighted by Gasteiger charge is -2.13. The molecule has 1 aromatic carbocycles. The second-order valence-electron chi connectivity index (χ2n) is 3.33. The van der Waals surface area contributed by atoms with Gasteiger partial charge in [0.05, 0.1) is 12.1 Å². The molecule has 0 aliphatic heterocycles. The summed E-state index contributed by atoms with van der Waals surface area (Å²) in [5.74, 6) is 0. The summed E-state index contributed by atoms with van der Waals surface area (Å²) in [6, 6.07) is 7.94. The molecule has 2 rings (SSSR count). The molecule has 2 atom stereocenters. The maximum Gasteiger partial charge on any atom is 0.0911 e. The van der Waals surface area contributed by atoms with Crippen molar-refractivity contribution in [3.63, 3.8) is 0 Å². The first-order valence-corrected chi connectivity index (χ1v) is 4.51. The Morgan fingerprint density at radius 3 is 3.00 bits per heavy atom. The van der Waals surface area contributed by atoms with Gasteiger partial charge in [0.25, 0.3) is 0 Å². The van der Waals surface area contributed by atoms with E-state index in [9.17, 15) is 0 Å². The Bertz CT molecular complexity index is 385. The number of nitrogens with zero attached hydrogens (tertiary/aromatic N) is 3. The molecule has 0 spiro atoms. The summed E-state index contributed by atoms with van der Waals surface area (Å²) in [5.41, 5.74) is 10.8. The SMILES string of the molecule is CO[C@@H]1c2ccccc2C[C@@H]1N=[N+]=[N-]. The fourth-order valence-corrected chi connectivity index (χ4v) is 1.99. The molecule has 0 bridgehead atoms. The molecule has 4 nitrogen and oxygen atoms in total. The van der Waals surface area contributed by atoms with Crippen molar-refractivity contribution < 1.29 is 4.74 Å². The Hall–Kier alpha value is -1.51. The van der Waals surface area contributed by atoms with Crippen LogP contribution in [0.1, 0.15) is 17.2 Å². The van der Waals surface area contributed by atoms with Gasteiger partial charge in [-0.3, -0.25) is 0 Å². The quantitative estimate of drug-likeness (QED) is 0.400. The largest absolute Gasteiger partial charge is 0.376 e. The van der Waals surface area contributed by atoms with Gasteiger partial charge in [0.1, 0.15) is 0 Å². The third-order valence-corrected chi connectivity index (χ3v) is 2.59. The van der Waals surface area contributed by atoms with Crippen molar-refractivity contribution in [1.82, 2.24) is 0 Å². The van der Waals surface area contributed by atoms with Crippen molar-refractivity contribution in [3.8, 4) is 0 Å². The first-order chi connectivity index (χ1) is 6.86. The number of hydrogen-bond acceptors (Lipinski definition) is 2. The smallest absolute Gasteiger partial charge is 0.0911 e. The van der Waals surface area contributed by atoms with Crippen molar-refractivity contribution in [2.24, 2.45) is 5.11 Å². The molecule has 4 heteroatoms. The van der Waals surface area contributed by atoms with Crippen LogP contribution in [0, 0.1) is 0 Å². The van der Waals surface area contributed by atoms with Gasteiger partial charge in [-0.15, -0.1) is 0 Å². The number of rotatable bonds is 2. The van der Waals surface area contributed by atoms with Crippen LogP contribution in [-0.4, -0.2) is 13.2 Å². The fraction of sp³-hybridized carbons (Fsp3) is 0.400. The van der Waals surface area contributed by atoms with Crippen LogP contribution in [0.3, 0.4) is 0 Å². The summed E-state index contributed by atoms with van der Waals surface area (Å²) in [5, 5.41) is 3.75. The molecule has 0 fully saturated rings. The van der Waals surface area contributed by atoms with Crippen molar-refractivity contribution in [2.45, 2.75) is 18.6 Å². The Labute approximate surface area is 82.1 Å². The second-order valence-corrected chi connectivity index (χ2v) is 3.33. The lowest BCUT2D eigenvalue weighted by atomic mass is 10.1. The highest BCUT2D eigenvalue weighted by molar-refractivity contribution is 5.36. The van der Waals surface area contributed by atoms with Crippen LogP contribution >= 0.6 is 0 Å². The molecule has 0 unspecified atom stereocenters. The van der Waals surface area contributed by atoms with E-state index in [1.165, 1.54) is 5.56 Å². The van der Waals surface area contributed by atoms with Crippen LogP contribution in [-0.2, 0) is 11.2 Å². The van der Waals surface area contributed by atoms with E-state index in [-0.39, 0.29) is 12.1 Å². The number of azide groups is 1. The highest BCUT2D eigenvalue weighted by Gasteiger charge is 2.31. The molecule has 0 saturated heterocycles. The predicted molar refractivity (Wildman–Crippen MR) is 52.8 cm³/mol. The summed E-state index contributed by atoms with van der Waals surface area (Å²) in [7, 11) is 1.65. The number of ether oxygens (including phenoxy) is 1. The molecule has 0 amide bonds. The van der Waals surface area contributed by atoms with Gasteiger partial charge in [-0.25, -0.2) is 0 Å². The number of methoxy groups -OCH3 is 1. The summed E-state index contributed by atoms with van der Waals surface area (Å²) in [6.07, 6.45) is 0.695. The molecule has 0 N–H and O–H groups in total. The summed E-state index contributed by atoms with van der Waals surface area (Å²) >= 11 is 0. The van der Waals surface area contributed by atoms with Gasteiger partial charge in [-0.1, -0.05) is 29.4 Å². The van der Waals surface area contributed by atoms with Gasteiger partial charge in [0.2, 0.25) is 0 Å². The van der Waals surface area contributed by atoms with Crippen LogP contribution in [0.4, 0.5) is 0 Å². The number of hydrogen-bond donors (Lipinski definition) is 0. The van der Waals surface area contributed by atoms with E-state index in [4.69, 9.17) is 10.3 Å². The van der Waals surface area contributed by atoms with Crippen molar-refractivity contribution in [3.05, 3.63) is 45.8 Å². The summed E-state index contributed by atoms with van der Waals surface area (Å²) in [6.45, 7) is 0. The van der Waals surface area contributed by atoms with Gasteiger partial charge >= 0.3 is 0 Å². The molecule has 0 saturated carbocycles. The normalized spacial score (nSPS) is 24.1. The molecule has 1 aliphatic carbocycles. The minimum atomic E-state index is -0.0950. The topological polar surface area (TPSA) is 58.0 Å². The van der Waals surface area contributed by atoms with Crippen LogP contribution < -0.4 is 0 Å². The van der Waals surface area contributed by atoms with Gasteiger partial charge in [0, 0.05) is 12.0 Å². The monoisotopic (exact) mass is 189 g/mol. The highest BCUT2D eigenvalue weighted by Crippen LogP contribution is 2.35. The minimum Gasteiger partial charge on any atom is -0.376 e. The zero-order chi connectivity index (χ0) is 9.97. The van der Waals surface area contributed by atoms with Gasteiger partial charge < -0.3 is 4.74 Å². The molecule has 0 heterocycles. The van der Waals surface area contributed by atoms with Crippen molar-refractivity contribution >= 4 is 0 Å². The fourth-order valence-electron chi connectivity index (χ4n) is 1.99. The van der Waals surface area contributed by atoms with E-state index in [1.54, 1.807) is 7.11 Å². The summed E-state index contributed by atoms with van der Waals surface area (Å²) in [4.78, 5) is 2.84. The van der Waals surface area contributed by atoms with Crippen LogP contribution in [0.25, 0.3) is 10.4 Å². The Morgan fingerprint density at radius 1 is 1.50 bits per heavy atom. The molecule has 0 radical (unpaired) electrons. The molecular weight excluding hydrogens is 178 g/mol. The van der Waals surface area contributed by atoms with Crippen molar-refractivity contribution in [2.75, 3.05) is 7.11 Å². The van der Waals surface area contributed by atoms with Crippen LogP contribution in [0.15, 0.2) is 29.4 Å². The average molecular weight is 189 g/mol. The first kappa shape index (κ1) is 9.06. The van der Waals surface area contributed by atoms with E-state index < -0.39 is 0 Å².